The molecule has 3 aromatic heterocycles. The molecule has 3 aromatic rings. The smallest absolute Gasteiger partial charge is 0.320 e. The molecule has 0 aliphatic carbocycles. The van der Waals surface area contributed by atoms with E-state index in [0.29, 0.717) is 33.0 Å². The van der Waals surface area contributed by atoms with E-state index in [1.165, 1.54) is 48.9 Å². The van der Waals surface area contributed by atoms with Gasteiger partial charge in [-0.15, -0.1) is 22.7 Å². The van der Waals surface area contributed by atoms with Gasteiger partial charge in [-0.05, 0) is 30.0 Å². The number of ketones is 1. The normalized spacial score (nSPS) is 19.8. The monoisotopic (exact) mass is 561 g/mol. The minimum Gasteiger partial charge on any atom is -0.391 e. The van der Waals surface area contributed by atoms with E-state index in [4.69, 9.17) is 11.6 Å². The number of hydrogen-bond acceptors (Lipinski definition) is 9. The van der Waals surface area contributed by atoms with Gasteiger partial charge in [0.2, 0.25) is 0 Å². The number of nitrogens with zero attached hydrogens (tertiary/aromatic N) is 5. The van der Waals surface area contributed by atoms with Crippen molar-refractivity contribution >= 4 is 63.8 Å². The summed E-state index contributed by atoms with van der Waals surface area (Å²) in [6.07, 6.45) is -0.0640. The highest BCUT2D eigenvalue weighted by molar-refractivity contribution is 7.98. The number of thioether (sulfide) groups is 1. The number of likely N-dealkylation sites (tertiary alicyclic amines) is 2. The minimum absolute atomic E-state index is 0.0633. The Morgan fingerprint density at radius 2 is 2.11 bits per heavy atom. The molecule has 1 N–H and O–H groups in total. The maximum atomic E-state index is 13.3. The molecular weight excluding hydrogens is 542 g/mol. The largest absolute Gasteiger partial charge is 0.391 e. The molecular formula is C23H20ClN5O4S3. The Hall–Kier alpha value is -2.69. The number of hydrogen-bond donors (Lipinski definition) is 1. The number of rotatable bonds is 5. The van der Waals surface area contributed by atoms with Gasteiger partial charge in [0, 0.05) is 30.3 Å². The molecule has 2 aliphatic rings. The number of aromatic nitrogens is 2. The third kappa shape index (κ3) is 4.81. The first-order valence-corrected chi connectivity index (χ1v) is 14.1. The third-order valence-corrected chi connectivity index (χ3v) is 9.44. The molecule has 0 radical (unpaired) electrons. The summed E-state index contributed by atoms with van der Waals surface area (Å²) in [5.41, 5.74) is 0.368. The van der Waals surface area contributed by atoms with E-state index >= 15 is 0 Å². The number of urea groups is 1. The van der Waals surface area contributed by atoms with Crippen LogP contribution < -0.4 is 0 Å². The van der Waals surface area contributed by atoms with Gasteiger partial charge in [0.05, 0.1) is 33.5 Å². The summed E-state index contributed by atoms with van der Waals surface area (Å²) in [7, 11) is 0. The van der Waals surface area contributed by atoms with Gasteiger partial charge < -0.3 is 14.9 Å². The molecule has 0 saturated carbocycles. The molecule has 2 amide bonds. The zero-order valence-corrected chi connectivity index (χ0v) is 22.0. The number of carbonyl (C=O) groups is 3. The van der Waals surface area contributed by atoms with E-state index in [9.17, 15) is 24.8 Å². The average Bonchev–Trinajstić information content (AvgIpc) is 3.67. The molecule has 2 unspecified atom stereocenters. The number of amides is 2. The summed E-state index contributed by atoms with van der Waals surface area (Å²) in [6.45, 7) is 0.613. The molecule has 2 fully saturated rings. The van der Waals surface area contributed by atoms with Crippen LogP contribution in [0.15, 0.2) is 34.7 Å². The van der Waals surface area contributed by atoms with E-state index in [-0.39, 0.29) is 48.6 Å². The van der Waals surface area contributed by atoms with E-state index < -0.39 is 12.0 Å². The SMILES string of the molecule is N#Cc1c(C2CN(C(=O)N3CCC(O)C3)CC2=O)nn(C(=O)c2cccs2)c1SCc1ccc(Cl)s1. The van der Waals surface area contributed by atoms with Gasteiger partial charge in [-0.1, -0.05) is 29.4 Å². The highest BCUT2D eigenvalue weighted by Crippen LogP contribution is 2.36. The van der Waals surface area contributed by atoms with Crippen molar-refractivity contribution in [1.82, 2.24) is 19.6 Å². The second kappa shape index (κ2) is 10.4. The molecule has 5 rings (SSSR count). The maximum absolute atomic E-state index is 13.3. The quantitative estimate of drug-likeness (QED) is 0.472. The number of Topliss-reactive ketones (excluding diaryl/α,β-unsaturated/α-hetero) is 1. The van der Waals surface area contributed by atoms with Crippen LogP contribution in [0.25, 0.3) is 0 Å². The van der Waals surface area contributed by atoms with Crippen LogP contribution in [0.2, 0.25) is 4.34 Å². The fourth-order valence-electron chi connectivity index (χ4n) is 4.30. The van der Waals surface area contributed by atoms with Gasteiger partial charge in [0.1, 0.15) is 16.7 Å². The van der Waals surface area contributed by atoms with Gasteiger partial charge in [0.15, 0.2) is 5.78 Å². The number of carbonyl (C=O) groups excluding carboxylic acids is 3. The van der Waals surface area contributed by atoms with Crippen molar-refractivity contribution in [3.8, 4) is 6.07 Å². The van der Waals surface area contributed by atoms with Crippen LogP contribution in [0.3, 0.4) is 0 Å². The van der Waals surface area contributed by atoms with Gasteiger partial charge in [-0.25, -0.2) is 4.79 Å². The van der Waals surface area contributed by atoms with Crippen LogP contribution >= 0.6 is 46.0 Å². The number of aliphatic hydroxyl groups excluding tert-OH is 1. The van der Waals surface area contributed by atoms with Gasteiger partial charge in [-0.3, -0.25) is 9.59 Å². The van der Waals surface area contributed by atoms with Crippen molar-refractivity contribution in [1.29, 1.82) is 5.26 Å². The Kier molecular flexibility index (Phi) is 7.18. The molecule has 2 aliphatic heterocycles. The Morgan fingerprint density at radius 1 is 1.28 bits per heavy atom. The Labute approximate surface area is 223 Å². The van der Waals surface area contributed by atoms with Gasteiger partial charge in [-0.2, -0.15) is 15.0 Å². The topological polar surface area (TPSA) is 120 Å². The lowest BCUT2D eigenvalue weighted by molar-refractivity contribution is -0.118. The predicted octanol–water partition coefficient (Wildman–Crippen LogP) is 3.67. The first-order valence-electron chi connectivity index (χ1n) is 11.1. The Bertz CT molecular complexity index is 1360. The molecule has 36 heavy (non-hydrogen) atoms. The van der Waals surface area contributed by atoms with E-state index in [2.05, 4.69) is 11.2 Å². The van der Waals surface area contributed by atoms with Crippen molar-refractivity contribution in [3.63, 3.8) is 0 Å². The van der Waals surface area contributed by atoms with Crippen LogP contribution in [0.5, 0.6) is 0 Å². The van der Waals surface area contributed by atoms with E-state index in [0.717, 1.165) is 4.88 Å². The van der Waals surface area contributed by atoms with E-state index in [1.807, 2.05) is 6.07 Å². The average molecular weight is 562 g/mol. The fraction of sp³-hybridized carbons (Fsp3) is 0.348. The minimum atomic E-state index is -0.816. The first-order chi connectivity index (χ1) is 17.4. The van der Waals surface area contributed by atoms with Crippen molar-refractivity contribution < 1.29 is 19.5 Å². The van der Waals surface area contributed by atoms with Crippen LogP contribution in [0, 0.1) is 11.3 Å². The summed E-state index contributed by atoms with van der Waals surface area (Å²) >= 11 is 10.0. The molecule has 9 nitrogen and oxygen atoms in total. The fourth-order valence-corrected chi connectivity index (χ4v) is 7.16. The molecule has 0 bridgehead atoms. The highest BCUT2D eigenvalue weighted by atomic mass is 35.5. The van der Waals surface area contributed by atoms with Crippen molar-refractivity contribution in [2.75, 3.05) is 26.2 Å². The summed E-state index contributed by atoms with van der Waals surface area (Å²) in [5, 5.41) is 26.5. The van der Waals surface area contributed by atoms with Crippen molar-refractivity contribution in [2.24, 2.45) is 0 Å². The van der Waals surface area contributed by atoms with Crippen LogP contribution in [0.4, 0.5) is 4.79 Å². The highest BCUT2D eigenvalue weighted by Gasteiger charge is 2.41. The molecule has 2 saturated heterocycles. The number of nitriles is 1. The lowest BCUT2D eigenvalue weighted by Crippen LogP contribution is -2.41. The second-order valence-corrected chi connectivity index (χ2v) is 12.1. The summed E-state index contributed by atoms with van der Waals surface area (Å²) in [5.74, 6) is -0.975. The third-order valence-electron chi connectivity index (χ3n) is 6.06. The van der Waals surface area contributed by atoms with Gasteiger partial charge in [0.25, 0.3) is 5.91 Å². The van der Waals surface area contributed by atoms with E-state index in [1.54, 1.807) is 23.6 Å². The molecule has 186 valence electrons. The first kappa shape index (κ1) is 25.0. The zero-order valence-electron chi connectivity index (χ0n) is 18.8. The lowest BCUT2D eigenvalue weighted by atomic mass is 10.0. The summed E-state index contributed by atoms with van der Waals surface area (Å²) in [6, 6.07) is 8.94. The zero-order chi connectivity index (χ0) is 25.4. The summed E-state index contributed by atoms with van der Waals surface area (Å²) in [4.78, 5) is 43.6. The lowest BCUT2D eigenvalue weighted by Gasteiger charge is -2.23. The van der Waals surface area contributed by atoms with Crippen LogP contribution in [-0.2, 0) is 10.5 Å². The molecule has 0 spiro atoms. The van der Waals surface area contributed by atoms with Crippen LogP contribution in [-0.4, -0.2) is 74.7 Å². The van der Waals surface area contributed by atoms with Gasteiger partial charge >= 0.3 is 6.03 Å². The maximum Gasteiger partial charge on any atom is 0.320 e. The Morgan fingerprint density at radius 3 is 2.75 bits per heavy atom. The Balaban J connectivity index is 1.46. The molecule has 0 aromatic carbocycles. The molecule has 13 heteroatoms. The van der Waals surface area contributed by atoms with Crippen LogP contribution in [0.1, 0.15) is 38.1 Å². The second-order valence-electron chi connectivity index (χ2n) is 8.44. The standard InChI is InChI=1S/C23H20ClN5O4S3/c24-19-4-3-14(36-19)12-35-22-15(8-25)20(26-29(22)21(32)18-2-1-7-34-18)16-10-28(11-17(16)31)23(33)27-6-5-13(30)9-27/h1-4,7,13,16,30H,5-6,9-12H2. The number of halogens is 1. The summed E-state index contributed by atoms with van der Waals surface area (Å²) < 4.78 is 1.84. The number of thiophene rings is 2. The molecule has 5 heterocycles. The molecule has 2 atom stereocenters. The van der Waals surface area contributed by atoms with Crippen molar-refractivity contribution in [3.05, 3.63) is 55.0 Å². The predicted molar refractivity (Wildman–Crippen MR) is 137 cm³/mol. The number of aliphatic hydroxyl groups is 1. The number of β-amino-alcohol motifs (C(OH)–C–C–N with tert-alkyl or cyclic N) is 1. The van der Waals surface area contributed by atoms with Crippen molar-refractivity contribution in [2.45, 2.75) is 29.2 Å².